The first-order valence-corrected chi connectivity index (χ1v) is 19.5. The molecule has 0 spiro atoms. The van der Waals surface area contributed by atoms with Gasteiger partial charge in [-0.3, -0.25) is 0 Å². The van der Waals surface area contributed by atoms with Gasteiger partial charge in [-0.05, 0) is 88.2 Å². The second kappa shape index (κ2) is 12.6. The van der Waals surface area contributed by atoms with Crippen molar-refractivity contribution in [1.29, 1.82) is 0 Å². The Bertz CT molecular complexity index is 2760. The zero-order valence-corrected chi connectivity index (χ0v) is 30.8. The van der Waals surface area contributed by atoms with Gasteiger partial charge in [-0.1, -0.05) is 159 Å². The van der Waals surface area contributed by atoms with Gasteiger partial charge in [0.2, 0.25) is 0 Å². The van der Waals surface area contributed by atoms with Gasteiger partial charge >= 0.3 is 0 Å². The second-order valence-corrected chi connectivity index (χ2v) is 15.9. The molecule has 0 atom stereocenters. The Morgan fingerprint density at radius 1 is 0.491 bits per heavy atom. The van der Waals surface area contributed by atoms with Crippen molar-refractivity contribution in [3.05, 3.63) is 198 Å². The number of rotatable bonds is 6. The molecule has 0 N–H and O–H groups in total. The molecule has 7 aromatic carbocycles. The molecule has 0 radical (unpaired) electrons. The summed E-state index contributed by atoms with van der Waals surface area (Å²) < 4.78 is 2.64. The summed E-state index contributed by atoms with van der Waals surface area (Å²) >= 11 is 1.88. The van der Waals surface area contributed by atoms with Crippen molar-refractivity contribution < 1.29 is 0 Å². The molecular formula is C51H39NS. The fourth-order valence-corrected chi connectivity index (χ4v) is 10.0. The molecule has 1 heterocycles. The standard InChI is InChI=1S/C51H39NS/c1-51(2)45-23-10-6-21-41(45)44-32-36(28-30-46(44)51)39-19-7-11-24-47(39)52(38-18-14-17-35(31-38)34-15-4-3-5-16-34)48-25-12-8-20-40(48)37-27-29-43-42-22-9-13-26-49(42)53-50(43)33-37/h3-27,29,31-33H,28,30H2,1-2H3. The maximum Gasteiger partial charge on any atom is 0.0540 e. The zero-order chi connectivity index (χ0) is 35.5. The number of nitrogens with zero attached hydrogens (tertiary/aromatic N) is 1. The first kappa shape index (κ1) is 31.7. The normalized spacial score (nSPS) is 14.6. The Balaban J connectivity index is 1.17. The topological polar surface area (TPSA) is 3.24 Å². The predicted octanol–water partition coefficient (Wildman–Crippen LogP) is 14.8. The van der Waals surface area contributed by atoms with Gasteiger partial charge in [-0.25, -0.2) is 0 Å². The minimum absolute atomic E-state index is 0.0475. The molecule has 10 rings (SSSR count). The largest absolute Gasteiger partial charge is 0.309 e. The monoisotopic (exact) mass is 697 g/mol. The second-order valence-electron chi connectivity index (χ2n) is 14.8. The van der Waals surface area contributed by atoms with Crippen LogP contribution in [-0.2, 0) is 5.41 Å². The van der Waals surface area contributed by atoms with Crippen molar-refractivity contribution in [2.24, 2.45) is 0 Å². The van der Waals surface area contributed by atoms with E-state index in [9.17, 15) is 0 Å². The van der Waals surface area contributed by atoms with Crippen LogP contribution >= 0.6 is 11.3 Å². The van der Waals surface area contributed by atoms with Crippen molar-refractivity contribution in [2.75, 3.05) is 4.90 Å². The summed E-state index contributed by atoms with van der Waals surface area (Å²) in [5.74, 6) is 0. The zero-order valence-electron chi connectivity index (χ0n) is 30.0. The lowest BCUT2D eigenvalue weighted by atomic mass is 9.77. The average molecular weight is 698 g/mol. The van der Waals surface area contributed by atoms with E-state index in [0.29, 0.717) is 0 Å². The van der Waals surface area contributed by atoms with Crippen LogP contribution in [0.25, 0.3) is 53.6 Å². The Labute approximate surface area is 315 Å². The fourth-order valence-electron chi connectivity index (χ4n) is 8.86. The highest BCUT2D eigenvalue weighted by Gasteiger charge is 2.38. The first-order chi connectivity index (χ1) is 26.0. The van der Waals surface area contributed by atoms with Crippen LogP contribution in [0, 0.1) is 0 Å². The molecule has 53 heavy (non-hydrogen) atoms. The van der Waals surface area contributed by atoms with Crippen LogP contribution in [0.5, 0.6) is 0 Å². The molecule has 2 aliphatic carbocycles. The number of allylic oxidation sites excluding steroid dienone is 4. The van der Waals surface area contributed by atoms with E-state index in [-0.39, 0.29) is 5.41 Å². The molecule has 0 aliphatic heterocycles. The Morgan fingerprint density at radius 2 is 1.15 bits per heavy atom. The summed E-state index contributed by atoms with van der Waals surface area (Å²) in [6.45, 7) is 4.80. The van der Waals surface area contributed by atoms with Crippen LogP contribution < -0.4 is 4.90 Å². The maximum absolute atomic E-state index is 2.51. The van der Waals surface area contributed by atoms with Crippen LogP contribution in [0.2, 0.25) is 0 Å². The minimum atomic E-state index is 0.0475. The Kier molecular flexibility index (Phi) is 7.56. The SMILES string of the molecule is CC1(C)C2=C(C=C(c3ccccc3N(c3cccc(-c4ccccc4)c3)c3ccccc3-c3ccc4c(c3)sc3ccccc34)CC2)c2ccccc21. The van der Waals surface area contributed by atoms with Crippen molar-refractivity contribution in [3.63, 3.8) is 0 Å². The van der Waals surface area contributed by atoms with Crippen molar-refractivity contribution in [2.45, 2.75) is 32.1 Å². The molecule has 0 fully saturated rings. The third-order valence-corrected chi connectivity index (χ3v) is 12.6. The van der Waals surface area contributed by atoms with E-state index in [1.165, 1.54) is 76.0 Å². The van der Waals surface area contributed by atoms with E-state index in [2.05, 4.69) is 195 Å². The summed E-state index contributed by atoms with van der Waals surface area (Å²) in [7, 11) is 0. The molecule has 0 saturated carbocycles. The fraction of sp³-hybridized carbons (Fsp3) is 0.0980. The Morgan fingerprint density at radius 3 is 2.00 bits per heavy atom. The van der Waals surface area contributed by atoms with Crippen molar-refractivity contribution in [3.8, 4) is 22.3 Å². The summed E-state index contributed by atoms with van der Waals surface area (Å²) in [5.41, 5.74) is 16.9. The van der Waals surface area contributed by atoms with E-state index in [0.717, 1.165) is 24.2 Å². The molecule has 0 saturated heterocycles. The summed E-state index contributed by atoms with van der Waals surface area (Å²) in [4.78, 5) is 2.50. The van der Waals surface area contributed by atoms with E-state index < -0.39 is 0 Å². The Hall–Kier alpha value is -5.96. The van der Waals surface area contributed by atoms with Gasteiger partial charge in [0.05, 0.1) is 11.4 Å². The van der Waals surface area contributed by atoms with E-state index >= 15 is 0 Å². The highest BCUT2D eigenvalue weighted by molar-refractivity contribution is 7.25. The lowest BCUT2D eigenvalue weighted by Gasteiger charge is -2.32. The summed E-state index contributed by atoms with van der Waals surface area (Å²) in [5, 5.41) is 2.65. The number of fused-ring (bicyclic) bond motifs is 5. The number of hydrogen-bond acceptors (Lipinski definition) is 2. The van der Waals surface area contributed by atoms with E-state index in [1.807, 2.05) is 11.3 Å². The smallest absolute Gasteiger partial charge is 0.0540 e. The van der Waals surface area contributed by atoms with Crippen LogP contribution in [0.1, 0.15) is 43.4 Å². The number of benzene rings is 7. The highest BCUT2D eigenvalue weighted by atomic mass is 32.1. The number of thiophene rings is 1. The molecular weight excluding hydrogens is 659 g/mol. The van der Waals surface area contributed by atoms with Crippen LogP contribution in [0.4, 0.5) is 17.1 Å². The molecule has 1 nitrogen and oxygen atoms in total. The van der Waals surface area contributed by atoms with Gasteiger partial charge in [0.1, 0.15) is 0 Å². The van der Waals surface area contributed by atoms with Crippen molar-refractivity contribution >= 4 is 59.7 Å². The van der Waals surface area contributed by atoms with Gasteiger partial charge in [-0.2, -0.15) is 0 Å². The van der Waals surface area contributed by atoms with Gasteiger partial charge < -0.3 is 4.90 Å². The molecule has 2 aliphatic rings. The molecule has 1 aromatic heterocycles. The van der Waals surface area contributed by atoms with Gasteiger partial charge in [0, 0.05) is 42.4 Å². The van der Waals surface area contributed by atoms with Gasteiger partial charge in [0.15, 0.2) is 0 Å². The third kappa shape index (κ3) is 5.28. The van der Waals surface area contributed by atoms with Crippen molar-refractivity contribution in [1.82, 2.24) is 0 Å². The van der Waals surface area contributed by atoms with Gasteiger partial charge in [-0.15, -0.1) is 11.3 Å². The minimum Gasteiger partial charge on any atom is -0.309 e. The third-order valence-electron chi connectivity index (χ3n) is 11.5. The number of para-hydroxylation sites is 2. The molecule has 2 heteroatoms. The van der Waals surface area contributed by atoms with Crippen LogP contribution in [0.3, 0.4) is 0 Å². The maximum atomic E-state index is 2.51. The van der Waals surface area contributed by atoms with Gasteiger partial charge in [0.25, 0.3) is 0 Å². The quantitative estimate of drug-likeness (QED) is 0.167. The summed E-state index contributed by atoms with van der Waals surface area (Å²) in [6, 6.07) is 62.5. The van der Waals surface area contributed by atoms with E-state index in [4.69, 9.17) is 0 Å². The molecule has 254 valence electrons. The molecule has 0 unspecified atom stereocenters. The first-order valence-electron chi connectivity index (χ1n) is 18.6. The summed E-state index contributed by atoms with van der Waals surface area (Å²) in [6.07, 6.45) is 4.58. The van der Waals surface area contributed by atoms with Crippen LogP contribution in [-0.4, -0.2) is 0 Å². The number of hydrogen-bond donors (Lipinski definition) is 0. The number of anilines is 3. The molecule has 0 bridgehead atoms. The highest BCUT2D eigenvalue weighted by Crippen LogP contribution is 2.53. The predicted molar refractivity (Wildman–Crippen MR) is 228 cm³/mol. The lowest BCUT2D eigenvalue weighted by Crippen LogP contribution is -2.18. The molecule has 0 amide bonds. The van der Waals surface area contributed by atoms with Crippen LogP contribution in [0.15, 0.2) is 182 Å². The lowest BCUT2D eigenvalue weighted by molar-refractivity contribution is 0.609. The van der Waals surface area contributed by atoms with E-state index in [1.54, 1.807) is 5.57 Å². The molecule has 8 aromatic rings. The average Bonchev–Trinajstić information content (AvgIpc) is 3.70.